The number of furan rings is 1. The van der Waals surface area contributed by atoms with Crippen LogP contribution in [0.1, 0.15) is 16.1 Å². The van der Waals surface area contributed by atoms with E-state index in [1.165, 1.54) is 11.0 Å². The number of carboxylic acids is 1. The smallest absolute Gasteiger partial charge is 0.330 e. The lowest BCUT2D eigenvalue weighted by molar-refractivity contribution is -0.140. The van der Waals surface area contributed by atoms with Gasteiger partial charge < -0.3 is 14.4 Å². The van der Waals surface area contributed by atoms with Gasteiger partial charge in [-0.25, -0.2) is 4.79 Å². The fourth-order valence-corrected chi connectivity index (χ4v) is 2.40. The minimum atomic E-state index is -1.04. The number of amides is 1. The van der Waals surface area contributed by atoms with Crippen LogP contribution in [0.3, 0.4) is 0 Å². The second kappa shape index (κ2) is 4.52. The van der Waals surface area contributed by atoms with Crippen LogP contribution in [-0.2, 0) is 4.79 Å². The summed E-state index contributed by atoms with van der Waals surface area (Å²) in [5.74, 6) is -1.28. The van der Waals surface area contributed by atoms with Crippen LogP contribution in [0.15, 0.2) is 40.8 Å². The molecule has 1 amide bonds. The van der Waals surface area contributed by atoms with Crippen LogP contribution in [-0.4, -0.2) is 34.5 Å². The highest BCUT2D eigenvalue weighted by Gasteiger charge is 2.32. The van der Waals surface area contributed by atoms with Crippen LogP contribution in [0, 0.1) is 6.92 Å². The summed E-state index contributed by atoms with van der Waals surface area (Å²) < 4.78 is 5.59. The van der Waals surface area contributed by atoms with Gasteiger partial charge in [-0.2, -0.15) is 0 Å². The molecule has 0 saturated carbocycles. The molecule has 1 aromatic carbocycles. The molecule has 2 aromatic rings. The fraction of sp³-hybridized carbons (Fsp3) is 0.200. The van der Waals surface area contributed by atoms with Crippen molar-refractivity contribution in [1.82, 2.24) is 4.90 Å². The molecule has 5 nitrogen and oxygen atoms in total. The molecule has 1 N–H and O–H groups in total. The van der Waals surface area contributed by atoms with E-state index < -0.39 is 17.9 Å². The zero-order valence-electron chi connectivity index (χ0n) is 10.9. The molecule has 1 atom stereocenters. The van der Waals surface area contributed by atoms with Gasteiger partial charge in [-0.1, -0.05) is 30.4 Å². The van der Waals surface area contributed by atoms with Crippen molar-refractivity contribution in [3.05, 3.63) is 47.7 Å². The summed E-state index contributed by atoms with van der Waals surface area (Å²) in [5, 5.41) is 9.93. The average molecular weight is 271 g/mol. The molecule has 1 aliphatic rings. The molecule has 102 valence electrons. The first-order chi connectivity index (χ1) is 9.58. The standard InChI is InChI=1S/C15H13NO4/c1-9-4-2-5-10-8-12(20-13(9)10)14(17)16-7-3-6-11(16)15(18)19/h2-6,8,11H,7H2,1H3,(H,18,19). The Morgan fingerprint density at radius 1 is 1.40 bits per heavy atom. The maximum atomic E-state index is 12.4. The second-order valence-electron chi connectivity index (χ2n) is 4.77. The van der Waals surface area contributed by atoms with Gasteiger partial charge in [-0.3, -0.25) is 4.79 Å². The fourth-order valence-electron chi connectivity index (χ4n) is 2.40. The van der Waals surface area contributed by atoms with Crippen LogP contribution >= 0.6 is 0 Å². The van der Waals surface area contributed by atoms with Crippen LogP contribution in [0.5, 0.6) is 0 Å². The summed E-state index contributed by atoms with van der Waals surface area (Å²) in [6.45, 7) is 2.18. The number of aryl methyl sites for hydroxylation is 1. The minimum absolute atomic E-state index is 0.171. The second-order valence-corrected chi connectivity index (χ2v) is 4.77. The zero-order chi connectivity index (χ0) is 14.3. The molecular formula is C15H13NO4. The average Bonchev–Trinajstić information content (AvgIpc) is 3.05. The van der Waals surface area contributed by atoms with Crippen molar-refractivity contribution in [2.45, 2.75) is 13.0 Å². The molecule has 0 aliphatic carbocycles. The van der Waals surface area contributed by atoms with E-state index in [2.05, 4.69) is 0 Å². The van der Waals surface area contributed by atoms with Gasteiger partial charge in [0.2, 0.25) is 0 Å². The Bertz CT molecular complexity index is 729. The monoisotopic (exact) mass is 271 g/mol. The third-order valence-corrected chi connectivity index (χ3v) is 3.42. The summed E-state index contributed by atoms with van der Waals surface area (Å²) in [4.78, 5) is 24.7. The van der Waals surface area contributed by atoms with E-state index in [1.807, 2.05) is 25.1 Å². The van der Waals surface area contributed by atoms with Crippen LogP contribution in [0.25, 0.3) is 11.0 Å². The lowest BCUT2D eigenvalue weighted by atomic mass is 10.2. The summed E-state index contributed by atoms with van der Waals surface area (Å²) in [6, 6.07) is 6.38. The Labute approximate surface area is 115 Å². The number of carbonyl (C=O) groups excluding carboxylic acids is 1. The summed E-state index contributed by atoms with van der Waals surface area (Å²) >= 11 is 0. The Hall–Kier alpha value is -2.56. The van der Waals surface area contributed by atoms with Gasteiger partial charge in [0.15, 0.2) is 5.76 Å². The van der Waals surface area contributed by atoms with Crippen molar-refractivity contribution in [1.29, 1.82) is 0 Å². The number of hydrogen-bond acceptors (Lipinski definition) is 3. The van der Waals surface area contributed by atoms with E-state index in [9.17, 15) is 9.59 Å². The van der Waals surface area contributed by atoms with E-state index in [4.69, 9.17) is 9.52 Å². The maximum Gasteiger partial charge on any atom is 0.330 e. The molecule has 3 rings (SSSR count). The van der Waals surface area contributed by atoms with E-state index in [1.54, 1.807) is 12.1 Å². The van der Waals surface area contributed by atoms with E-state index in [-0.39, 0.29) is 12.3 Å². The topological polar surface area (TPSA) is 70.8 Å². The summed E-state index contributed by atoms with van der Waals surface area (Å²) in [6.07, 6.45) is 3.18. The third-order valence-electron chi connectivity index (χ3n) is 3.42. The van der Waals surface area contributed by atoms with Crippen LogP contribution in [0.4, 0.5) is 0 Å². The zero-order valence-corrected chi connectivity index (χ0v) is 10.9. The van der Waals surface area contributed by atoms with Crippen molar-refractivity contribution in [3.63, 3.8) is 0 Å². The van der Waals surface area contributed by atoms with Crippen molar-refractivity contribution in [2.75, 3.05) is 6.54 Å². The van der Waals surface area contributed by atoms with Crippen LogP contribution < -0.4 is 0 Å². The highest BCUT2D eigenvalue weighted by Crippen LogP contribution is 2.24. The lowest BCUT2D eigenvalue weighted by Crippen LogP contribution is -2.40. The number of aliphatic carboxylic acids is 1. The van der Waals surface area contributed by atoms with E-state index in [0.29, 0.717) is 5.58 Å². The van der Waals surface area contributed by atoms with Crippen molar-refractivity contribution < 1.29 is 19.1 Å². The van der Waals surface area contributed by atoms with Gasteiger partial charge in [-0.05, 0) is 18.6 Å². The number of benzene rings is 1. The number of carbonyl (C=O) groups is 2. The highest BCUT2D eigenvalue weighted by molar-refractivity contribution is 5.99. The number of para-hydroxylation sites is 1. The predicted octanol–water partition coefficient (Wildman–Crippen LogP) is 2.21. The molecule has 5 heteroatoms. The Morgan fingerprint density at radius 3 is 2.90 bits per heavy atom. The molecule has 1 aromatic heterocycles. The number of fused-ring (bicyclic) bond motifs is 1. The molecule has 0 spiro atoms. The Kier molecular flexibility index (Phi) is 2.82. The molecule has 1 aliphatic heterocycles. The molecule has 2 heterocycles. The van der Waals surface area contributed by atoms with Crippen molar-refractivity contribution >= 4 is 22.8 Å². The largest absolute Gasteiger partial charge is 0.479 e. The van der Waals surface area contributed by atoms with E-state index >= 15 is 0 Å². The molecule has 0 fully saturated rings. The number of nitrogens with zero attached hydrogens (tertiary/aromatic N) is 1. The normalized spacial score (nSPS) is 17.9. The van der Waals surface area contributed by atoms with Gasteiger partial charge in [0, 0.05) is 11.9 Å². The third kappa shape index (κ3) is 1.87. The Balaban J connectivity index is 1.97. The molecule has 0 bridgehead atoms. The molecule has 0 radical (unpaired) electrons. The van der Waals surface area contributed by atoms with Crippen molar-refractivity contribution in [2.24, 2.45) is 0 Å². The number of carboxylic acid groups (broad SMARTS) is 1. The van der Waals surface area contributed by atoms with E-state index in [0.717, 1.165) is 10.9 Å². The van der Waals surface area contributed by atoms with Crippen molar-refractivity contribution in [3.8, 4) is 0 Å². The first-order valence-corrected chi connectivity index (χ1v) is 6.27. The van der Waals surface area contributed by atoms with Crippen LogP contribution in [0.2, 0.25) is 0 Å². The molecular weight excluding hydrogens is 258 g/mol. The summed E-state index contributed by atoms with van der Waals surface area (Å²) in [7, 11) is 0. The van der Waals surface area contributed by atoms with Gasteiger partial charge in [0.25, 0.3) is 5.91 Å². The first-order valence-electron chi connectivity index (χ1n) is 6.27. The quantitative estimate of drug-likeness (QED) is 0.850. The summed E-state index contributed by atoms with van der Waals surface area (Å²) in [5.41, 5.74) is 1.60. The number of hydrogen-bond donors (Lipinski definition) is 1. The SMILES string of the molecule is Cc1cccc2cc(C(=O)N3CC=CC3C(=O)O)oc12. The minimum Gasteiger partial charge on any atom is -0.479 e. The number of rotatable bonds is 2. The molecule has 1 unspecified atom stereocenters. The maximum absolute atomic E-state index is 12.4. The van der Waals surface area contributed by atoms with Gasteiger partial charge in [0.1, 0.15) is 11.6 Å². The lowest BCUT2D eigenvalue weighted by Gasteiger charge is -2.19. The van der Waals surface area contributed by atoms with Gasteiger partial charge >= 0.3 is 5.97 Å². The molecule has 0 saturated heterocycles. The Morgan fingerprint density at radius 2 is 2.20 bits per heavy atom. The van der Waals surface area contributed by atoms with Gasteiger partial charge in [-0.15, -0.1) is 0 Å². The predicted molar refractivity (Wildman–Crippen MR) is 72.6 cm³/mol. The molecule has 20 heavy (non-hydrogen) atoms. The highest BCUT2D eigenvalue weighted by atomic mass is 16.4. The van der Waals surface area contributed by atoms with Gasteiger partial charge in [0.05, 0.1) is 0 Å². The first kappa shape index (κ1) is 12.5.